The number of hydrogen-bond donors (Lipinski definition) is 0. The number of ether oxygens (including phenoxy) is 1. The molecule has 4 nitrogen and oxygen atoms in total. The molecule has 0 N–H and O–H groups in total. The Morgan fingerprint density at radius 1 is 1.20 bits per heavy atom. The number of β-lactam (4-membered cyclic amide) rings is 1. The van der Waals surface area contributed by atoms with Crippen molar-refractivity contribution in [2.45, 2.75) is 29.5 Å². The maximum absolute atomic E-state index is 12.2. The first-order valence-corrected chi connectivity index (χ1v) is 9.19. The van der Waals surface area contributed by atoms with Gasteiger partial charge >= 0.3 is 0 Å². The largest absolute Gasteiger partial charge is 0.497 e. The molecule has 0 bridgehead atoms. The molecule has 1 atom stereocenters. The van der Waals surface area contributed by atoms with E-state index in [0.717, 1.165) is 22.6 Å². The Balaban J connectivity index is 1.52. The Kier molecular flexibility index (Phi) is 5.76. The van der Waals surface area contributed by atoms with Gasteiger partial charge in [-0.3, -0.25) is 9.59 Å². The number of Topliss-reactive ketones (excluding diaryl/α,β-unsaturated/α-hetero) is 1. The van der Waals surface area contributed by atoms with Gasteiger partial charge in [-0.15, -0.1) is 11.8 Å². The number of ketones is 1. The number of carbonyl (C=O) groups excluding carboxylic acids is 2. The fraction of sp³-hybridized carbons (Fsp3) is 0.300. The first-order valence-electron chi connectivity index (χ1n) is 8.31. The van der Waals surface area contributed by atoms with E-state index in [2.05, 4.69) is 0 Å². The summed E-state index contributed by atoms with van der Waals surface area (Å²) in [5.41, 5.74) is 1.15. The molecule has 0 radical (unpaired) electrons. The Hall–Kier alpha value is -2.27. The van der Waals surface area contributed by atoms with E-state index in [4.69, 9.17) is 4.74 Å². The van der Waals surface area contributed by atoms with Crippen molar-refractivity contribution in [1.82, 2.24) is 4.90 Å². The molecule has 2 aromatic rings. The number of likely N-dealkylation sites (tertiary alicyclic amines) is 1. The molecule has 0 spiro atoms. The molecule has 3 rings (SSSR count). The number of rotatable bonds is 8. The standard InChI is InChI=1S/C20H21NO3S/c1-24-17-8-5-9-18(12-17)25-20-13-19(23)21(20)14-16(22)11-10-15-6-3-2-4-7-15/h2-9,12,20H,10-11,13-14H2,1H3. The lowest BCUT2D eigenvalue weighted by Crippen LogP contribution is -2.52. The summed E-state index contributed by atoms with van der Waals surface area (Å²) in [5, 5.41) is 0.0280. The lowest BCUT2D eigenvalue weighted by molar-refractivity contribution is -0.144. The Morgan fingerprint density at radius 3 is 2.72 bits per heavy atom. The second kappa shape index (κ2) is 8.21. The van der Waals surface area contributed by atoms with E-state index < -0.39 is 0 Å². The molecule has 1 fully saturated rings. The molecule has 130 valence electrons. The highest BCUT2D eigenvalue weighted by Crippen LogP contribution is 2.36. The van der Waals surface area contributed by atoms with Crippen molar-refractivity contribution in [3.63, 3.8) is 0 Å². The van der Waals surface area contributed by atoms with Crippen molar-refractivity contribution < 1.29 is 14.3 Å². The zero-order valence-corrected chi connectivity index (χ0v) is 15.0. The van der Waals surface area contributed by atoms with Crippen LogP contribution in [0.3, 0.4) is 0 Å². The molecule has 2 aromatic carbocycles. The highest BCUT2D eigenvalue weighted by molar-refractivity contribution is 8.00. The minimum Gasteiger partial charge on any atom is -0.497 e. The maximum Gasteiger partial charge on any atom is 0.226 e. The summed E-state index contributed by atoms with van der Waals surface area (Å²) in [6.07, 6.45) is 1.66. The maximum atomic E-state index is 12.2. The van der Waals surface area contributed by atoms with Gasteiger partial charge in [-0.1, -0.05) is 36.4 Å². The molecular weight excluding hydrogens is 334 g/mol. The zero-order chi connectivity index (χ0) is 17.6. The molecule has 1 heterocycles. The molecule has 1 aliphatic rings. The third-order valence-electron chi connectivity index (χ3n) is 4.21. The number of thioether (sulfide) groups is 1. The highest BCUT2D eigenvalue weighted by atomic mass is 32.2. The molecule has 0 aromatic heterocycles. The lowest BCUT2D eigenvalue weighted by Gasteiger charge is -2.39. The molecule has 1 saturated heterocycles. The third-order valence-corrected chi connectivity index (χ3v) is 5.43. The minimum absolute atomic E-state index is 0.0280. The predicted octanol–water partition coefficient (Wildman–Crippen LogP) is 3.55. The summed E-state index contributed by atoms with van der Waals surface area (Å²) in [4.78, 5) is 26.9. The van der Waals surface area contributed by atoms with Crippen molar-refractivity contribution >= 4 is 23.5 Å². The molecule has 25 heavy (non-hydrogen) atoms. The topological polar surface area (TPSA) is 46.6 Å². The summed E-state index contributed by atoms with van der Waals surface area (Å²) < 4.78 is 5.23. The van der Waals surface area contributed by atoms with Crippen molar-refractivity contribution in [3.05, 3.63) is 60.2 Å². The number of methoxy groups -OCH3 is 1. The van der Waals surface area contributed by atoms with Gasteiger partial charge in [-0.2, -0.15) is 0 Å². The molecule has 1 unspecified atom stereocenters. The second-order valence-electron chi connectivity index (χ2n) is 6.00. The SMILES string of the molecule is COc1cccc(SC2CC(=O)N2CC(=O)CCc2ccccc2)c1. The van der Waals surface area contributed by atoms with Crippen LogP contribution in [0, 0.1) is 0 Å². The van der Waals surface area contributed by atoms with E-state index in [1.807, 2.05) is 54.6 Å². The number of carbonyl (C=O) groups is 2. The molecule has 0 saturated carbocycles. The average Bonchev–Trinajstić information content (AvgIpc) is 2.65. The van der Waals surface area contributed by atoms with Crippen molar-refractivity contribution in [3.8, 4) is 5.75 Å². The summed E-state index contributed by atoms with van der Waals surface area (Å²) in [6, 6.07) is 17.7. The van der Waals surface area contributed by atoms with E-state index in [0.29, 0.717) is 12.8 Å². The molecule has 0 aliphatic carbocycles. The van der Waals surface area contributed by atoms with Crippen LogP contribution in [0.1, 0.15) is 18.4 Å². The van der Waals surface area contributed by atoms with Crippen molar-refractivity contribution in [2.24, 2.45) is 0 Å². The van der Waals surface area contributed by atoms with Crippen LogP contribution < -0.4 is 4.74 Å². The fourth-order valence-corrected chi connectivity index (χ4v) is 3.95. The normalized spacial score (nSPS) is 16.4. The Bertz CT molecular complexity index is 748. The number of nitrogens with zero attached hydrogens (tertiary/aromatic N) is 1. The van der Waals surface area contributed by atoms with Gasteiger partial charge in [0.05, 0.1) is 25.4 Å². The fourth-order valence-electron chi connectivity index (χ4n) is 2.75. The molecule has 1 aliphatic heterocycles. The number of amides is 1. The number of hydrogen-bond acceptors (Lipinski definition) is 4. The van der Waals surface area contributed by atoms with Crippen molar-refractivity contribution in [2.75, 3.05) is 13.7 Å². The molecule has 5 heteroatoms. The van der Waals surface area contributed by atoms with Crippen LogP contribution in [0.2, 0.25) is 0 Å². The predicted molar refractivity (Wildman–Crippen MR) is 98.7 cm³/mol. The summed E-state index contributed by atoms with van der Waals surface area (Å²) in [5.74, 6) is 0.947. The number of benzene rings is 2. The van der Waals surface area contributed by atoms with Crippen LogP contribution in [0.15, 0.2) is 59.5 Å². The van der Waals surface area contributed by atoms with Gasteiger partial charge in [0.25, 0.3) is 0 Å². The van der Waals surface area contributed by atoms with Gasteiger partial charge in [-0.05, 0) is 30.2 Å². The first-order chi connectivity index (χ1) is 12.2. The Morgan fingerprint density at radius 2 is 2.00 bits per heavy atom. The highest BCUT2D eigenvalue weighted by Gasteiger charge is 2.37. The van der Waals surface area contributed by atoms with Crippen LogP contribution in [-0.2, 0) is 16.0 Å². The zero-order valence-electron chi connectivity index (χ0n) is 14.2. The molecular formula is C20H21NO3S. The van der Waals surface area contributed by atoms with Crippen LogP contribution >= 0.6 is 11.8 Å². The van der Waals surface area contributed by atoms with Crippen LogP contribution in [-0.4, -0.2) is 35.6 Å². The summed E-state index contributed by atoms with van der Waals surface area (Å²) in [7, 11) is 1.63. The number of aryl methyl sites for hydroxylation is 1. The van der Waals surface area contributed by atoms with Gasteiger partial charge in [0.1, 0.15) is 5.75 Å². The quantitative estimate of drug-likeness (QED) is 0.680. The van der Waals surface area contributed by atoms with Crippen LogP contribution in [0.4, 0.5) is 0 Å². The van der Waals surface area contributed by atoms with Crippen LogP contribution in [0.5, 0.6) is 5.75 Å². The summed E-state index contributed by atoms with van der Waals surface area (Å²) >= 11 is 1.60. The minimum atomic E-state index is 0.0280. The van der Waals surface area contributed by atoms with Gasteiger partial charge in [-0.25, -0.2) is 0 Å². The van der Waals surface area contributed by atoms with E-state index in [1.165, 1.54) is 0 Å². The van der Waals surface area contributed by atoms with Gasteiger partial charge < -0.3 is 9.64 Å². The smallest absolute Gasteiger partial charge is 0.226 e. The van der Waals surface area contributed by atoms with Crippen LogP contribution in [0.25, 0.3) is 0 Å². The monoisotopic (exact) mass is 355 g/mol. The first kappa shape index (κ1) is 17.5. The van der Waals surface area contributed by atoms with Gasteiger partial charge in [0, 0.05) is 11.3 Å². The average molecular weight is 355 g/mol. The lowest BCUT2D eigenvalue weighted by atomic mass is 10.1. The third kappa shape index (κ3) is 4.63. The molecule has 1 amide bonds. The van der Waals surface area contributed by atoms with E-state index in [9.17, 15) is 9.59 Å². The van der Waals surface area contributed by atoms with Gasteiger partial charge in [0.15, 0.2) is 5.78 Å². The van der Waals surface area contributed by atoms with E-state index in [-0.39, 0.29) is 23.6 Å². The van der Waals surface area contributed by atoms with E-state index >= 15 is 0 Å². The summed E-state index contributed by atoms with van der Waals surface area (Å²) in [6.45, 7) is 0.202. The van der Waals surface area contributed by atoms with Crippen molar-refractivity contribution in [1.29, 1.82) is 0 Å². The van der Waals surface area contributed by atoms with E-state index in [1.54, 1.807) is 23.8 Å². The van der Waals surface area contributed by atoms with Gasteiger partial charge in [0.2, 0.25) is 5.91 Å². The Labute approximate surface area is 152 Å². The second-order valence-corrected chi connectivity index (χ2v) is 7.25.